The second-order valence-corrected chi connectivity index (χ2v) is 6.00. The van der Waals surface area contributed by atoms with E-state index >= 15 is 0 Å². The molecule has 2 rings (SSSR count). The van der Waals surface area contributed by atoms with Crippen molar-refractivity contribution in [1.82, 2.24) is 0 Å². The van der Waals surface area contributed by atoms with E-state index in [-0.39, 0.29) is 5.41 Å². The molecule has 0 saturated heterocycles. The van der Waals surface area contributed by atoms with Crippen molar-refractivity contribution in [2.45, 2.75) is 32.4 Å². The van der Waals surface area contributed by atoms with E-state index in [2.05, 4.69) is 22.9 Å². The van der Waals surface area contributed by atoms with E-state index in [0.29, 0.717) is 12.3 Å². The van der Waals surface area contributed by atoms with Crippen molar-refractivity contribution in [1.29, 1.82) is 0 Å². The zero-order chi connectivity index (χ0) is 13.4. The maximum Gasteiger partial charge on any atom is 0.416 e. The molecule has 1 unspecified atom stereocenters. The van der Waals surface area contributed by atoms with Gasteiger partial charge in [-0.3, -0.25) is 0 Å². The van der Waals surface area contributed by atoms with Gasteiger partial charge in [0.1, 0.15) is 0 Å². The van der Waals surface area contributed by atoms with Crippen LogP contribution in [0.3, 0.4) is 0 Å². The Labute approximate surface area is 114 Å². The summed E-state index contributed by atoms with van der Waals surface area (Å²) in [5.41, 5.74) is 0.302. The maximum atomic E-state index is 12.6. The molecule has 100 valence electrons. The van der Waals surface area contributed by atoms with Crippen LogP contribution >= 0.6 is 15.9 Å². The number of rotatable bonds is 4. The first-order chi connectivity index (χ1) is 8.35. The SMILES string of the molecule is CC(CBr)(Cc1cccc(C(F)(F)F)c1)C1CC1. The van der Waals surface area contributed by atoms with Crippen LogP contribution in [0.2, 0.25) is 0 Å². The van der Waals surface area contributed by atoms with Crippen molar-refractivity contribution < 1.29 is 13.2 Å². The van der Waals surface area contributed by atoms with Gasteiger partial charge in [0.25, 0.3) is 0 Å². The van der Waals surface area contributed by atoms with Gasteiger partial charge < -0.3 is 0 Å². The highest BCUT2D eigenvalue weighted by Crippen LogP contribution is 2.48. The van der Waals surface area contributed by atoms with Gasteiger partial charge in [-0.25, -0.2) is 0 Å². The zero-order valence-electron chi connectivity index (χ0n) is 10.2. The Morgan fingerprint density at radius 1 is 1.28 bits per heavy atom. The summed E-state index contributed by atoms with van der Waals surface area (Å²) in [6, 6.07) is 5.70. The zero-order valence-corrected chi connectivity index (χ0v) is 11.8. The van der Waals surface area contributed by atoms with E-state index in [1.54, 1.807) is 6.07 Å². The Morgan fingerprint density at radius 2 is 1.94 bits per heavy atom. The first-order valence-electron chi connectivity index (χ1n) is 6.07. The van der Waals surface area contributed by atoms with Gasteiger partial charge in [-0.1, -0.05) is 41.1 Å². The predicted molar refractivity (Wildman–Crippen MR) is 69.8 cm³/mol. The van der Waals surface area contributed by atoms with Gasteiger partial charge in [0.15, 0.2) is 0 Å². The third-order valence-corrected chi connectivity index (χ3v) is 5.01. The topological polar surface area (TPSA) is 0 Å². The lowest BCUT2D eigenvalue weighted by atomic mass is 9.81. The molecule has 0 nitrogen and oxygen atoms in total. The van der Waals surface area contributed by atoms with E-state index in [4.69, 9.17) is 0 Å². The van der Waals surface area contributed by atoms with Crippen LogP contribution in [0.5, 0.6) is 0 Å². The quantitative estimate of drug-likeness (QED) is 0.680. The van der Waals surface area contributed by atoms with E-state index < -0.39 is 11.7 Å². The summed E-state index contributed by atoms with van der Waals surface area (Å²) in [5, 5.41) is 0.834. The predicted octanol–water partition coefficient (Wildman–Crippen LogP) is 5.06. The van der Waals surface area contributed by atoms with Crippen molar-refractivity contribution in [2.75, 3.05) is 5.33 Å². The van der Waals surface area contributed by atoms with Crippen LogP contribution in [0.1, 0.15) is 30.9 Å². The standard InChI is InChI=1S/C14H16BrF3/c1-13(9-15,11-5-6-11)8-10-3-2-4-12(7-10)14(16,17)18/h2-4,7,11H,5-6,8-9H2,1H3. The van der Waals surface area contributed by atoms with Crippen LogP contribution in [0.15, 0.2) is 24.3 Å². The Balaban J connectivity index is 2.19. The van der Waals surface area contributed by atoms with Crippen LogP contribution < -0.4 is 0 Å². The summed E-state index contributed by atoms with van der Waals surface area (Å²) < 4.78 is 37.9. The van der Waals surface area contributed by atoms with Gasteiger partial charge in [0.2, 0.25) is 0 Å². The lowest BCUT2D eigenvalue weighted by Crippen LogP contribution is -2.24. The second kappa shape index (κ2) is 4.87. The Morgan fingerprint density at radius 3 is 2.44 bits per heavy atom. The largest absolute Gasteiger partial charge is 0.416 e. The summed E-state index contributed by atoms with van der Waals surface area (Å²) in [5.74, 6) is 0.645. The molecular formula is C14H16BrF3. The minimum Gasteiger partial charge on any atom is -0.166 e. The Hall–Kier alpha value is -0.510. The van der Waals surface area contributed by atoms with E-state index in [1.165, 1.54) is 25.0 Å². The van der Waals surface area contributed by atoms with Crippen molar-refractivity contribution in [3.63, 3.8) is 0 Å². The molecule has 1 saturated carbocycles. The second-order valence-electron chi connectivity index (χ2n) is 5.44. The molecule has 1 aliphatic carbocycles. The number of halogens is 4. The molecule has 1 aromatic rings. The number of benzene rings is 1. The fourth-order valence-corrected chi connectivity index (χ4v) is 3.06. The summed E-state index contributed by atoms with van der Waals surface area (Å²) >= 11 is 3.51. The Kier molecular flexibility index (Phi) is 3.77. The lowest BCUT2D eigenvalue weighted by molar-refractivity contribution is -0.137. The molecule has 0 spiro atoms. The smallest absolute Gasteiger partial charge is 0.166 e. The van der Waals surface area contributed by atoms with Gasteiger partial charge in [-0.15, -0.1) is 0 Å². The van der Waals surface area contributed by atoms with Gasteiger partial charge in [-0.05, 0) is 42.2 Å². The Bertz CT molecular complexity index is 423. The molecule has 0 heterocycles. The van der Waals surface area contributed by atoms with E-state index in [9.17, 15) is 13.2 Å². The molecule has 4 heteroatoms. The number of alkyl halides is 4. The average Bonchev–Trinajstić information content (AvgIpc) is 3.12. The fourth-order valence-electron chi connectivity index (χ4n) is 2.40. The molecule has 1 atom stereocenters. The van der Waals surface area contributed by atoms with E-state index in [0.717, 1.165) is 17.0 Å². The van der Waals surface area contributed by atoms with Crippen molar-refractivity contribution >= 4 is 15.9 Å². The van der Waals surface area contributed by atoms with Crippen molar-refractivity contribution in [3.8, 4) is 0 Å². The van der Waals surface area contributed by atoms with Crippen LogP contribution in [-0.4, -0.2) is 5.33 Å². The van der Waals surface area contributed by atoms with Crippen molar-refractivity contribution in [2.24, 2.45) is 11.3 Å². The molecule has 0 amide bonds. The molecule has 18 heavy (non-hydrogen) atoms. The molecule has 0 radical (unpaired) electrons. The summed E-state index contributed by atoms with van der Waals surface area (Å²) in [6.07, 6.45) is -1.16. The molecule has 1 aromatic carbocycles. The number of hydrogen-bond donors (Lipinski definition) is 0. The third-order valence-electron chi connectivity index (χ3n) is 3.73. The first-order valence-corrected chi connectivity index (χ1v) is 7.19. The highest BCUT2D eigenvalue weighted by atomic mass is 79.9. The molecule has 1 fully saturated rings. The van der Waals surface area contributed by atoms with E-state index in [1.807, 2.05) is 0 Å². The minimum absolute atomic E-state index is 0.0736. The first kappa shape index (κ1) is 13.9. The maximum absolute atomic E-state index is 12.6. The fraction of sp³-hybridized carbons (Fsp3) is 0.571. The van der Waals surface area contributed by atoms with Gasteiger partial charge in [0.05, 0.1) is 5.56 Å². The molecule has 0 N–H and O–H groups in total. The number of hydrogen-bond acceptors (Lipinski definition) is 0. The third kappa shape index (κ3) is 3.08. The molecule has 1 aliphatic rings. The summed E-state index contributed by atoms with van der Waals surface area (Å²) in [4.78, 5) is 0. The van der Waals surface area contributed by atoms with Crippen LogP contribution in [-0.2, 0) is 12.6 Å². The van der Waals surface area contributed by atoms with Crippen molar-refractivity contribution in [3.05, 3.63) is 35.4 Å². The van der Waals surface area contributed by atoms with Gasteiger partial charge in [0, 0.05) is 5.33 Å². The highest BCUT2D eigenvalue weighted by molar-refractivity contribution is 9.09. The average molecular weight is 321 g/mol. The molecule has 0 aromatic heterocycles. The van der Waals surface area contributed by atoms with Crippen LogP contribution in [0.4, 0.5) is 13.2 Å². The summed E-state index contributed by atoms with van der Waals surface area (Å²) in [7, 11) is 0. The molecular weight excluding hydrogens is 305 g/mol. The molecule has 0 bridgehead atoms. The normalized spacial score (nSPS) is 19.6. The summed E-state index contributed by atoms with van der Waals surface area (Å²) in [6.45, 7) is 2.15. The van der Waals surface area contributed by atoms with Gasteiger partial charge >= 0.3 is 6.18 Å². The van der Waals surface area contributed by atoms with Crippen LogP contribution in [0.25, 0.3) is 0 Å². The molecule has 0 aliphatic heterocycles. The van der Waals surface area contributed by atoms with Gasteiger partial charge in [-0.2, -0.15) is 13.2 Å². The monoisotopic (exact) mass is 320 g/mol. The minimum atomic E-state index is -4.25. The lowest BCUT2D eigenvalue weighted by Gasteiger charge is -2.27. The highest BCUT2D eigenvalue weighted by Gasteiger charge is 2.40. The van der Waals surface area contributed by atoms with Crippen LogP contribution in [0, 0.1) is 11.3 Å².